The summed E-state index contributed by atoms with van der Waals surface area (Å²) in [6.07, 6.45) is 3.59. The van der Waals surface area contributed by atoms with Gasteiger partial charge in [0.1, 0.15) is 23.9 Å². The molecule has 0 N–H and O–H groups in total. The van der Waals surface area contributed by atoms with Gasteiger partial charge in [-0.3, -0.25) is 0 Å². The summed E-state index contributed by atoms with van der Waals surface area (Å²) in [4.78, 5) is 22.4. The first-order valence-electron chi connectivity index (χ1n) is 5.66. The highest BCUT2D eigenvalue weighted by Crippen LogP contribution is 2.28. The minimum atomic E-state index is -0.633. The first-order valence-corrected chi connectivity index (χ1v) is 5.66. The molecule has 20 heavy (non-hydrogen) atoms. The number of esters is 2. The largest absolute Gasteiger partial charge is 0.489 e. The van der Waals surface area contributed by atoms with Crippen LogP contribution in [0.1, 0.15) is 0 Å². The van der Waals surface area contributed by atoms with Crippen molar-refractivity contribution in [3.8, 4) is 17.2 Å². The van der Waals surface area contributed by atoms with E-state index in [2.05, 4.69) is 19.7 Å². The Kier molecular flexibility index (Phi) is 5.77. The maximum Gasteiger partial charge on any atom is 0.335 e. The van der Waals surface area contributed by atoms with Crippen LogP contribution in [0.3, 0.4) is 0 Å². The first kappa shape index (κ1) is 15.2. The smallest absolute Gasteiger partial charge is 0.335 e. The average Bonchev–Trinajstić information content (AvgIpc) is 2.44. The van der Waals surface area contributed by atoms with Gasteiger partial charge in [0.25, 0.3) is 0 Å². The normalized spacial score (nSPS) is 9.20. The molecule has 0 radical (unpaired) electrons. The summed E-state index contributed by atoms with van der Waals surface area (Å²) in [5.41, 5.74) is 0. The van der Waals surface area contributed by atoms with Crippen LogP contribution in [0.15, 0.2) is 56.2 Å². The third-order valence-corrected chi connectivity index (χ3v) is 1.99. The molecule has 0 atom stereocenters. The summed E-state index contributed by atoms with van der Waals surface area (Å²) >= 11 is 0. The number of ether oxygens (including phenoxy) is 3. The standard InChI is InChI=1S/C15H14O5/c1-4-7-18-11-8-12(19-14(16)5-2)10-13(9-11)20-15(17)6-3/h4-6,8-10H,1-3,7H2. The number of hydrogen-bond acceptors (Lipinski definition) is 5. The molecule has 0 saturated heterocycles. The molecule has 0 saturated carbocycles. The molecule has 0 aliphatic rings. The van der Waals surface area contributed by atoms with E-state index in [1.165, 1.54) is 18.2 Å². The Bertz CT molecular complexity index is 505. The van der Waals surface area contributed by atoms with Gasteiger partial charge in [0.05, 0.1) is 0 Å². The van der Waals surface area contributed by atoms with Gasteiger partial charge in [0.15, 0.2) is 0 Å². The lowest BCUT2D eigenvalue weighted by molar-refractivity contribution is -0.129. The van der Waals surface area contributed by atoms with Crippen molar-refractivity contribution in [1.82, 2.24) is 0 Å². The second kappa shape index (κ2) is 7.58. The van der Waals surface area contributed by atoms with Crippen LogP contribution in [0, 0.1) is 0 Å². The van der Waals surface area contributed by atoms with Gasteiger partial charge in [-0.1, -0.05) is 25.8 Å². The third-order valence-electron chi connectivity index (χ3n) is 1.99. The van der Waals surface area contributed by atoms with Gasteiger partial charge >= 0.3 is 11.9 Å². The summed E-state index contributed by atoms with van der Waals surface area (Å²) in [5.74, 6) is -0.559. The van der Waals surface area contributed by atoms with Crippen LogP contribution in [-0.2, 0) is 9.59 Å². The van der Waals surface area contributed by atoms with Crippen molar-refractivity contribution in [2.75, 3.05) is 6.61 Å². The second-order valence-electron chi connectivity index (χ2n) is 3.49. The van der Waals surface area contributed by atoms with Crippen molar-refractivity contribution >= 4 is 11.9 Å². The Labute approximate surface area is 116 Å². The zero-order chi connectivity index (χ0) is 15.0. The lowest BCUT2D eigenvalue weighted by Gasteiger charge is -2.09. The lowest BCUT2D eigenvalue weighted by atomic mass is 10.3. The maximum atomic E-state index is 11.2. The van der Waals surface area contributed by atoms with Crippen LogP contribution in [-0.4, -0.2) is 18.5 Å². The Morgan fingerprint density at radius 1 is 0.900 bits per heavy atom. The highest BCUT2D eigenvalue weighted by molar-refractivity contribution is 5.84. The Balaban J connectivity index is 3.02. The fourth-order valence-corrected chi connectivity index (χ4v) is 1.22. The predicted molar refractivity (Wildman–Crippen MR) is 73.8 cm³/mol. The molecule has 0 unspecified atom stereocenters. The molecule has 0 heterocycles. The minimum absolute atomic E-state index is 0.170. The molecule has 104 valence electrons. The predicted octanol–water partition coefficient (Wildman–Crippen LogP) is 2.43. The van der Waals surface area contributed by atoms with Crippen molar-refractivity contribution in [2.24, 2.45) is 0 Å². The quantitative estimate of drug-likeness (QED) is 0.331. The second-order valence-corrected chi connectivity index (χ2v) is 3.49. The van der Waals surface area contributed by atoms with Crippen LogP contribution in [0.4, 0.5) is 0 Å². The van der Waals surface area contributed by atoms with E-state index in [0.717, 1.165) is 12.2 Å². The summed E-state index contributed by atoms with van der Waals surface area (Å²) in [6, 6.07) is 4.34. The Morgan fingerprint density at radius 3 is 1.75 bits per heavy atom. The maximum absolute atomic E-state index is 11.2. The summed E-state index contributed by atoms with van der Waals surface area (Å²) < 4.78 is 15.2. The molecular weight excluding hydrogens is 260 g/mol. The van der Waals surface area contributed by atoms with Gasteiger partial charge in [-0.25, -0.2) is 9.59 Å². The van der Waals surface area contributed by atoms with Crippen molar-refractivity contribution in [2.45, 2.75) is 0 Å². The van der Waals surface area contributed by atoms with Crippen LogP contribution in [0.2, 0.25) is 0 Å². The van der Waals surface area contributed by atoms with Crippen LogP contribution < -0.4 is 14.2 Å². The summed E-state index contributed by atoms with van der Waals surface area (Å²) in [6.45, 7) is 10.4. The number of rotatable bonds is 7. The van der Waals surface area contributed by atoms with Crippen molar-refractivity contribution in [1.29, 1.82) is 0 Å². The SMILES string of the molecule is C=CCOc1cc(OC(=O)C=C)cc(OC(=O)C=C)c1. The van der Waals surface area contributed by atoms with E-state index in [1.54, 1.807) is 6.08 Å². The molecule has 1 aromatic carbocycles. The molecular formula is C15H14O5. The molecule has 0 spiro atoms. The topological polar surface area (TPSA) is 61.8 Å². The van der Waals surface area contributed by atoms with Crippen LogP contribution >= 0.6 is 0 Å². The monoisotopic (exact) mass is 274 g/mol. The number of hydrogen-bond donors (Lipinski definition) is 0. The number of benzene rings is 1. The molecule has 0 aliphatic heterocycles. The van der Waals surface area contributed by atoms with E-state index < -0.39 is 11.9 Å². The molecule has 0 aliphatic carbocycles. The van der Waals surface area contributed by atoms with Crippen molar-refractivity contribution in [3.63, 3.8) is 0 Å². The zero-order valence-electron chi connectivity index (χ0n) is 10.8. The minimum Gasteiger partial charge on any atom is -0.489 e. The van der Waals surface area contributed by atoms with Gasteiger partial charge in [-0.05, 0) is 0 Å². The van der Waals surface area contributed by atoms with Crippen LogP contribution in [0.25, 0.3) is 0 Å². The highest BCUT2D eigenvalue weighted by atomic mass is 16.5. The van der Waals surface area contributed by atoms with E-state index >= 15 is 0 Å². The van der Waals surface area contributed by atoms with Gasteiger partial charge in [0, 0.05) is 30.4 Å². The molecule has 0 aromatic heterocycles. The molecule has 5 heteroatoms. The van der Waals surface area contributed by atoms with E-state index in [-0.39, 0.29) is 18.1 Å². The van der Waals surface area contributed by atoms with Crippen LogP contribution in [0.5, 0.6) is 17.2 Å². The molecule has 1 rings (SSSR count). The summed E-state index contributed by atoms with van der Waals surface area (Å²) in [7, 11) is 0. The van der Waals surface area contributed by atoms with Gasteiger partial charge < -0.3 is 14.2 Å². The van der Waals surface area contributed by atoms with E-state index in [4.69, 9.17) is 14.2 Å². The molecule has 0 amide bonds. The van der Waals surface area contributed by atoms with Gasteiger partial charge in [-0.15, -0.1) is 0 Å². The summed E-state index contributed by atoms with van der Waals surface area (Å²) in [5, 5.41) is 0. The number of carbonyl (C=O) groups is 2. The van der Waals surface area contributed by atoms with E-state index in [9.17, 15) is 9.59 Å². The average molecular weight is 274 g/mol. The molecule has 1 aromatic rings. The van der Waals surface area contributed by atoms with Crippen molar-refractivity contribution in [3.05, 3.63) is 56.2 Å². The van der Waals surface area contributed by atoms with Gasteiger partial charge in [0.2, 0.25) is 0 Å². The van der Waals surface area contributed by atoms with Gasteiger partial charge in [-0.2, -0.15) is 0 Å². The molecule has 5 nitrogen and oxygen atoms in total. The Morgan fingerprint density at radius 2 is 1.35 bits per heavy atom. The third kappa shape index (κ3) is 4.81. The molecule has 0 fully saturated rings. The fourth-order valence-electron chi connectivity index (χ4n) is 1.22. The number of carbonyl (C=O) groups excluding carboxylic acids is 2. The van der Waals surface area contributed by atoms with E-state index in [1.807, 2.05) is 0 Å². The fraction of sp³-hybridized carbons (Fsp3) is 0.0667. The molecule has 0 bridgehead atoms. The first-order chi connectivity index (χ1) is 9.58. The van der Waals surface area contributed by atoms with E-state index in [0.29, 0.717) is 5.75 Å². The highest BCUT2D eigenvalue weighted by Gasteiger charge is 2.08. The zero-order valence-corrected chi connectivity index (χ0v) is 10.8. The van der Waals surface area contributed by atoms with Crippen molar-refractivity contribution < 1.29 is 23.8 Å². The Hall–Kier alpha value is -2.82. The lowest BCUT2D eigenvalue weighted by Crippen LogP contribution is -2.06.